The van der Waals surface area contributed by atoms with Crippen molar-refractivity contribution in [1.82, 2.24) is 0 Å². The van der Waals surface area contributed by atoms with Crippen LogP contribution in [-0.2, 0) is 0 Å². The molecule has 2 aromatic carbocycles. The molecule has 0 amide bonds. The summed E-state index contributed by atoms with van der Waals surface area (Å²) in [6, 6.07) is 8.31. The molecule has 1 unspecified atom stereocenters. The second kappa shape index (κ2) is 5.94. The predicted octanol–water partition coefficient (Wildman–Crippen LogP) is 4.26. The molecule has 106 valence electrons. The Kier molecular flexibility index (Phi) is 4.45. The van der Waals surface area contributed by atoms with Crippen LogP contribution in [0.3, 0.4) is 0 Å². The van der Waals surface area contributed by atoms with Gasteiger partial charge in [0.25, 0.3) is 0 Å². The molecule has 2 N–H and O–H groups in total. The summed E-state index contributed by atoms with van der Waals surface area (Å²) in [5.74, 6) is 0.563. The van der Waals surface area contributed by atoms with E-state index < -0.39 is 0 Å². The molecule has 0 saturated heterocycles. The smallest absolute Gasteiger partial charge is 0.124 e. The van der Waals surface area contributed by atoms with Gasteiger partial charge in [-0.05, 0) is 54.3 Å². The van der Waals surface area contributed by atoms with Gasteiger partial charge in [0.2, 0.25) is 0 Å². The Balaban J connectivity index is 2.45. The van der Waals surface area contributed by atoms with Crippen molar-refractivity contribution in [3.8, 4) is 5.75 Å². The third kappa shape index (κ3) is 3.02. The van der Waals surface area contributed by atoms with E-state index in [2.05, 4.69) is 15.9 Å². The first kappa shape index (κ1) is 15.0. The highest BCUT2D eigenvalue weighted by Crippen LogP contribution is 2.30. The normalized spacial score (nSPS) is 12.3. The van der Waals surface area contributed by atoms with Gasteiger partial charge in [0.1, 0.15) is 11.6 Å². The van der Waals surface area contributed by atoms with Crippen LogP contribution >= 0.6 is 15.9 Å². The highest BCUT2D eigenvalue weighted by molar-refractivity contribution is 9.10. The Labute approximate surface area is 126 Å². The topological polar surface area (TPSA) is 35.2 Å². The van der Waals surface area contributed by atoms with Crippen molar-refractivity contribution < 1.29 is 9.13 Å². The van der Waals surface area contributed by atoms with Crippen molar-refractivity contribution in [3.05, 3.63) is 62.9 Å². The third-order valence-corrected chi connectivity index (χ3v) is 3.75. The maximum Gasteiger partial charge on any atom is 0.124 e. The largest absolute Gasteiger partial charge is 0.496 e. The van der Waals surface area contributed by atoms with Gasteiger partial charge in [-0.2, -0.15) is 0 Å². The minimum absolute atomic E-state index is 0.299. The van der Waals surface area contributed by atoms with Crippen molar-refractivity contribution in [2.45, 2.75) is 19.9 Å². The molecule has 0 aromatic heterocycles. The molecule has 4 heteroatoms. The average molecular weight is 338 g/mol. The summed E-state index contributed by atoms with van der Waals surface area (Å²) in [6.07, 6.45) is 0. The zero-order chi connectivity index (χ0) is 14.9. The van der Waals surface area contributed by atoms with Crippen LogP contribution in [-0.4, -0.2) is 7.11 Å². The van der Waals surface area contributed by atoms with E-state index in [1.807, 2.05) is 32.0 Å². The first-order valence-electron chi connectivity index (χ1n) is 6.29. The Hall–Kier alpha value is -1.39. The van der Waals surface area contributed by atoms with E-state index in [-0.39, 0.29) is 11.9 Å². The molecular weight excluding hydrogens is 321 g/mol. The average Bonchev–Trinajstić information content (AvgIpc) is 2.36. The van der Waals surface area contributed by atoms with E-state index in [4.69, 9.17) is 10.5 Å². The summed E-state index contributed by atoms with van der Waals surface area (Å²) in [6.45, 7) is 3.95. The van der Waals surface area contributed by atoms with Crippen molar-refractivity contribution >= 4 is 15.9 Å². The van der Waals surface area contributed by atoms with Crippen molar-refractivity contribution in [1.29, 1.82) is 0 Å². The van der Waals surface area contributed by atoms with E-state index in [1.165, 1.54) is 12.1 Å². The van der Waals surface area contributed by atoms with Gasteiger partial charge in [0.05, 0.1) is 13.2 Å². The molecule has 0 aliphatic heterocycles. The van der Waals surface area contributed by atoms with E-state index in [1.54, 1.807) is 7.11 Å². The van der Waals surface area contributed by atoms with Crippen LogP contribution in [0.15, 0.2) is 34.8 Å². The Morgan fingerprint density at radius 2 is 1.60 bits per heavy atom. The summed E-state index contributed by atoms with van der Waals surface area (Å²) in [4.78, 5) is 0. The maximum absolute atomic E-state index is 13.5. The summed E-state index contributed by atoms with van der Waals surface area (Å²) < 4.78 is 19.5. The first-order valence-corrected chi connectivity index (χ1v) is 7.08. The van der Waals surface area contributed by atoms with Crippen LogP contribution in [0.4, 0.5) is 4.39 Å². The van der Waals surface area contributed by atoms with Crippen LogP contribution in [0.2, 0.25) is 0 Å². The van der Waals surface area contributed by atoms with Gasteiger partial charge in [-0.25, -0.2) is 4.39 Å². The number of hydrogen-bond acceptors (Lipinski definition) is 2. The van der Waals surface area contributed by atoms with E-state index in [0.29, 0.717) is 4.47 Å². The highest BCUT2D eigenvalue weighted by atomic mass is 79.9. The van der Waals surface area contributed by atoms with E-state index >= 15 is 0 Å². The lowest BCUT2D eigenvalue weighted by atomic mass is 9.95. The lowest BCUT2D eigenvalue weighted by molar-refractivity contribution is 0.408. The fourth-order valence-electron chi connectivity index (χ4n) is 2.43. The number of methoxy groups -OCH3 is 1. The molecule has 0 aliphatic carbocycles. The molecule has 2 aromatic rings. The van der Waals surface area contributed by atoms with Crippen LogP contribution < -0.4 is 10.5 Å². The van der Waals surface area contributed by atoms with Gasteiger partial charge in [-0.15, -0.1) is 0 Å². The number of halogens is 2. The number of rotatable bonds is 3. The Morgan fingerprint density at radius 1 is 1.05 bits per heavy atom. The Bertz CT molecular complexity index is 599. The monoisotopic (exact) mass is 337 g/mol. The lowest BCUT2D eigenvalue weighted by Crippen LogP contribution is -2.13. The fraction of sp³-hybridized carbons (Fsp3) is 0.250. The SMILES string of the molecule is COc1c(C)cc(C(N)c2cc(F)cc(Br)c2)cc1C. The number of benzene rings is 2. The summed E-state index contributed by atoms with van der Waals surface area (Å²) in [5.41, 5.74) is 9.98. The molecular formula is C16H17BrFNO. The Morgan fingerprint density at radius 3 is 2.10 bits per heavy atom. The standard InChI is InChI=1S/C16H17BrFNO/c1-9-4-11(5-10(2)16(9)20-3)15(19)12-6-13(17)8-14(18)7-12/h4-8,15H,19H2,1-3H3. The van der Waals surface area contributed by atoms with E-state index in [0.717, 1.165) is 28.0 Å². The second-order valence-corrected chi connectivity index (χ2v) is 5.78. The third-order valence-electron chi connectivity index (χ3n) is 3.29. The molecule has 0 spiro atoms. The quantitative estimate of drug-likeness (QED) is 0.907. The molecule has 0 heterocycles. The van der Waals surface area contributed by atoms with Crippen LogP contribution in [0, 0.1) is 19.7 Å². The van der Waals surface area contributed by atoms with Gasteiger partial charge >= 0.3 is 0 Å². The van der Waals surface area contributed by atoms with Crippen molar-refractivity contribution in [3.63, 3.8) is 0 Å². The molecule has 2 rings (SSSR count). The minimum Gasteiger partial charge on any atom is -0.496 e. The van der Waals surface area contributed by atoms with Crippen LogP contribution in [0.25, 0.3) is 0 Å². The molecule has 1 atom stereocenters. The molecule has 2 nitrogen and oxygen atoms in total. The number of hydrogen-bond donors (Lipinski definition) is 1. The minimum atomic E-state index is -0.370. The van der Waals surface area contributed by atoms with Gasteiger partial charge in [-0.1, -0.05) is 28.1 Å². The first-order chi connectivity index (χ1) is 9.42. The molecule has 20 heavy (non-hydrogen) atoms. The van der Waals surface area contributed by atoms with Gasteiger partial charge in [-0.3, -0.25) is 0 Å². The fourth-order valence-corrected chi connectivity index (χ4v) is 2.92. The summed E-state index contributed by atoms with van der Waals surface area (Å²) in [7, 11) is 1.65. The zero-order valence-electron chi connectivity index (χ0n) is 11.7. The summed E-state index contributed by atoms with van der Waals surface area (Å²) >= 11 is 3.29. The van der Waals surface area contributed by atoms with Gasteiger partial charge in [0.15, 0.2) is 0 Å². The van der Waals surface area contributed by atoms with Crippen LogP contribution in [0.1, 0.15) is 28.3 Å². The zero-order valence-corrected chi connectivity index (χ0v) is 13.3. The summed E-state index contributed by atoms with van der Waals surface area (Å²) in [5, 5.41) is 0. The molecule has 0 saturated carbocycles. The second-order valence-electron chi connectivity index (χ2n) is 4.87. The molecule has 0 radical (unpaired) electrons. The molecule has 0 aliphatic rings. The number of aryl methyl sites for hydroxylation is 2. The predicted molar refractivity (Wildman–Crippen MR) is 82.6 cm³/mol. The number of ether oxygens (including phenoxy) is 1. The van der Waals surface area contributed by atoms with Gasteiger partial charge < -0.3 is 10.5 Å². The van der Waals surface area contributed by atoms with Gasteiger partial charge in [0, 0.05) is 4.47 Å². The van der Waals surface area contributed by atoms with Crippen molar-refractivity contribution in [2.24, 2.45) is 5.73 Å². The molecule has 0 bridgehead atoms. The maximum atomic E-state index is 13.5. The van der Waals surface area contributed by atoms with Crippen molar-refractivity contribution in [2.75, 3.05) is 7.11 Å². The van der Waals surface area contributed by atoms with Crippen LogP contribution in [0.5, 0.6) is 5.75 Å². The van der Waals surface area contributed by atoms with E-state index in [9.17, 15) is 4.39 Å². The number of nitrogens with two attached hydrogens (primary N) is 1. The lowest BCUT2D eigenvalue weighted by Gasteiger charge is -2.17. The highest BCUT2D eigenvalue weighted by Gasteiger charge is 2.14. The molecule has 0 fully saturated rings.